The molecule has 1 amide bonds. The molecule has 0 saturated heterocycles. The highest BCUT2D eigenvalue weighted by Gasteiger charge is 2.15. The number of benzene rings is 2. The molecule has 0 saturated carbocycles. The minimum Gasteiger partial charge on any atom is -0.326 e. The first-order chi connectivity index (χ1) is 9.13. The van der Waals surface area contributed by atoms with Gasteiger partial charge in [-0.05, 0) is 35.9 Å². The molecule has 0 radical (unpaired) electrons. The largest absolute Gasteiger partial charge is 0.326 e. The Balaban J connectivity index is 2.30. The number of amides is 1. The average molecular weight is 258 g/mol. The van der Waals surface area contributed by atoms with E-state index in [0.717, 1.165) is 11.3 Å². The van der Waals surface area contributed by atoms with Gasteiger partial charge in [0.05, 0.1) is 0 Å². The van der Waals surface area contributed by atoms with Crippen molar-refractivity contribution < 1.29 is 9.18 Å². The summed E-state index contributed by atoms with van der Waals surface area (Å²) in [6.07, 6.45) is 0. The number of rotatable bonds is 3. The third-order valence-electron chi connectivity index (χ3n) is 2.97. The van der Waals surface area contributed by atoms with E-state index in [-0.39, 0.29) is 11.7 Å². The fraction of sp³-hybridized carbons (Fsp3) is 0.133. The molecular weight excluding hydrogens is 243 g/mol. The van der Waals surface area contributed by atoms with Crippen molar-refractivity contribution >= 4 is 11.6 Å². The third-order valence-corrected chi connectivity index (χ3v) is 2.97. The first kappa shape index (κ1) is 13.2. The van der Waals surface area contributed by atoms with E-state index in [0.29, 0.717) is 12.1 Å². The van der Waals surface area contributed by atoms with Crippen LogP contribution in [0.15, 0.2) is 48.5 Å². The monoisotopic (exact) mass is 258 g/mol. The molecule has 0 spiro atoms. The van der Waals surface area contributed by atoms with Crippen LogP contribution in [-0.2, 0) is 6.54 Å². The van der Waals surface area contributed by atoms with Crippen LogP contribution in [0.5, 0.6) is 0 Å². The molecular formula is C15H15FN2O. The summed E-state index contributed by atoms with van der Waals surface area (Å²) in [5.41, 5.74) is 7.75. The molecule has 2 rings (SSSR count). The van der Waals surface area contributed by atoms with Crippen molar-refractivity contribution in [2.45, 2.75) is 6.54 Å². The number of hydrogen-bond acceptors (Lipinski definition) is 2. The highest BCUT2D eigenvalue weighted by Crippen LogP contribution is 2.20. The van der Waals surface area contributed by atoms with Crippen LogP contribution in [0.2, 0.25) is 0 Å². The van der Waals surface area contributed by atoms with Gasteiger partial charge >= 0.3 is 0 Å². The molecule has 0 atom stereocenters. The normalized spacial score (nSPS) is 10.3. The lowest BCUT2D eigenvalue weighted by molar-refractivity contribution is 0.0993. The lowest BCUT2D eigenvalue weighted by Crippen LogP contribution is -2.27. The highest BCUT2D eigenvalue weighted by molar-refractivity contribution is 6.06. The van der Waals surface area contributed by atoms with Crippen molar-refractivity contribution in [3.8, 4) is 0 Å². The van der Waals surface area contributed by atoms with Crippen molar-refractivity contribution in [2.75, 3.05) is 11.9 Å². The van der Waals surface area contributed by atoms with Crippen LogP contribution in [0.1, 0.15) is 15.9 Å². The quantitative estimate of drug-likeness (QED) is 0.919. The Morgan fingerprint density at radius 3 is 2.42 bits per heavy atom. The predicted molar refractivity (Wildman–Crippen MR) is 73.5 cm³/mol. The molecule has 0 unspecified atom stereocenters. The first-order valence-electron chi connectivity index (χ1n) is 5.95. The van der Waals surface area contributed by atoms with Gasteiger partial charge < -0.3 is 10.6 Å². The number of nitrogens with zero attached hydrogens (tertiary/aromatic N) is 1. The molecule has 2 N–H and O–H groups in total. The molecule has 19 heavy (non-hydrogen) atoms. The number of carbonyl (C=O) groups excluding carboxylic acids is 1. The van der Waals surface area contributed by atoms with Gasteiger partial charge in [0.15, 0.2) is 0 Å². The number of anilines is 1. The molecule has 2 aromatic rings. The Labute approximate surface area is 111 Å². The molecule has 98 valence electrons. The van der Waals surface area contributed by atoms with Gasteiger partial charge in [-0.2, -0.15) is 0 Å². The molecule has 0 aliphatic heterocycles. The van der Waals surface area contributed by atoms with Crippen molar-refractivity contribution in [2.24, 2.45) is 5.73 Å². The van der Waals surface area contributed by atoms with Gasteiger partial charge in [-0.1, -0.05) is 18.2 Å². The van der Waals surface area contributed by atoms with Crippen LogP contribution in [0.25, 0.3) is 0 Å². The van der Waals surface area contributed by atoms with Crippen molar-refractivity contribution in [3.63, 3.8) is 0 Å². The van der Waals surface area contributed by atoms with Crippen LogP contribution in [-0.4, -0.2) is 13.0 Å². The molecule has 0 aromatic heterocycles. The van der Waals surface area contributed by atoms with Crippen LogP contribution >= 0.6 is 0 Å². The standard InChI is InChI=1S/C15H15FN2O/c1-18(14-5-3-2-4-12(14)10-17)15(19)11-6-8-13(16)9-7-11/h2-9H,10,17H2,1H3. The molecule has 0 bridgehead atoms. The zero-order valence-corrected chi connectivity index (χ0v) is 10.6. The van der Waals surface area contributed by atoms with Crippen LogP contribution in [0.3, 0.4) is 0 Å². The molecule has 0 aliphatic carbocycles. The third kappa shape index (κ3) is 2.80. The molecule has 4 heteroatoms. The molecule has 0 fully saturated rings. The molecule has 3 nitrogen and oxygen atoms in total. The second-order valence-electron chi connectivity index (χ2n) is 4.20. The van der Waals surface area contributed by atoms with E-state index in [1.54, 1.807) is 7.05 Å². The second-order valence-corrected chi connectivity index (χ2v) is 4.20. The van der Waals surface area contributed by atoms with E-state index < -0.39 is 0 Å². The predicted octanol–water partition coefficient (Wildman–Crippen LogP) is 2.56. The van der Waals surface area contributed by atoms with Gasteiger partial charge in [-0.3, -0.25) is 4.79 Å². The first-order valence-corrected chi connectivity index (χ1v) is 5.95. The van der Waals surface area contributed by atoms with Crippen molar-refractivity contribution in [1.82, 2.24) is 0 Å². The summed E-state index contributed by atoms with van der Waals surface area (Å²) < 4.78 is 12.9. The summed E-state index contributed by atoms with van der Waals surface area (Å²) in [4.78, 5) is 13.8. The average Bonchev–Trinajstić information content (AvgIpc) is 2.46. The van der Waals surface area contributed by atoms with Crippen molar-refractivity contribution in [1.29, 1.82) is 0 Å². The zero-order chi connectivity index (χ0) is 13.8. The Hall–Kier alpha value is -2.20. The number of nitrogens with two attached hydrogens (primary N) is 1. The molecule has 0 heterocycles. The highest BCUT2D eigenvalue weighted by atomic mass is 19.1. The summed E-state index contributed by atoms with van der Waals surface area (Å²) in [5.74, 6) is -0.553. The number of carbonyl (C=O) groups is 1. The Kier molecular flexibility index (Phi) is 3.92. The zero-order valence-electron chi connectivity index (χ0n) is 10.6. The summed E-state index contributed by atoms with van der Waals surface area (Å²) in [7, 11) is 1.68. The second kappa shape index (κ2) is 5.63. The summed E-state index contributed by atoms with van der Waals surface area (Å²) in [5, 5.41) is 0. The Morgan fingerprint density at radius 1 is 1.16 bits per heavy atom. The maximum absolute atomic E-state index is 12.9. The lowest BCUT2D eigenvalue weighted by Gasteiger charge is -2.20. The van der Waals surface area contributed by atoms with Crippen LogP contribution in [0.4, 0.5) is 10.1 Å². The van der Waals surface area contributed by atoms with Gasteiger partial charge in [0.1, 0.15) is 5.82 Å². The van der Waals surface area contributed by atoms with E-state index in [9.17, 15) is 9.18 Å². The van der Waals surface area contributed by atoms with Crippen molar-refractivity contribution in [3.05, 3.63) is 65.5 Å². The van der Waals surface area contributed by atoms with Gasteiger partial charge in [0.2, 0.25) is 0 Å². The summed E-state index contributed by atoms with van der Waals surface area (Å²) in [6, 6.07) is 12.9. The van der Waals surface area contributed by atoms with Gasteiger partial charge in [-0.15, -0.1) is 0 Å². The number of hydrogen-bond donors (Lipinski definition) is 1. The Morgan fingerprint density at radius 2 is 1.79 bits per heavy atom. The fourth-order valence-electron chi connectivity index (χ4n) is 1.91. The maximum Gasteiger partial charge on any atom is 0.258 e. The lowest BCUT2D eigenvalue weighted by atomic mass is 10.1. The minimum atomic E-state index is -0.360. The minimum absolute atomic E-state index is 0.194. The summed E-state index contributed by atoms with van der Waals surface area (Å²) >= 11 is 0. The van der Waals surface area contributed by atoms with Gasteiger partial charge in [0.25, 0.3) is 5.91 Å². The molecule has 2 aromatic carbocycles. The van der Waals surface area contributed by atoms with Crippen LogP contribution in [0, 0.1) is 5.82 Å². The Bertz CT molecular complexity index is 581. The maximum atomic E-state index is 12.9. The smallest absolute Gasteiger partial charge is 0.258 e. The van der Waals surface area contributed by atoms with Crippen LogP contribution < -0.4 is 10.6 Å². The summed E-state index contributed by atoms with van der Waals surface area (Å²) in [6.45, 7) is 0.358. The van der Waals surface area contributed by atoms with Gasteiger partial charge in [0, 0.05) is 24.8 Å². The van der Waals surface area contributed by atoms with E-state index in [1.807, 2.05) is 24.3 Å². The molecule has 0 aliphatic rings. The van der Waals surface area contributed by atoms with E-state index in [1.165, 1.54) is 29.2 Å². The van der Waals surface area contributed by atoms with E-state index >= 15 is 0 Å². The van der Waals surface area contributed by atoms with Gasteiger partial charge in [-0.25, -0.2) is 4.39 Å². The van der Waals surface area contributed by atoms with E-state index in [4.69, 9.17) is 5.73 Å². The topological polar surface area (TPSA) is 46.3 Å². The number of para-hydroxylation sites is 1. The SMILES string of the molecule is CN(C(=O)c1ccc(F)cc1)c1ccccc1CN. The fourth-order valence-corrected chi connectivity index (χ4v) is 1.91. The number of halogens is 1. The van der Waals surface area contributed by atoms with E-state index in [2.05, 4.69) is 0 Å².